The topological polar surface area (TPSA) is 66.8 Å². The Bertz CT molecular complexity index is 842. The molecule has 0 fully saturated rings. The number of aliphatic hydroxyl groups excluding tert-OH is 1. The average molecular weight is 327 g/mol. The largest absolute Gasteiger partial charge is 0.502 e. The van der Waals surface area contributed by atoms with Crippen LogP contribution < -0.4 is 9.64 Å². The minimum absolute atomic E-state index is 0.0671. The molecule has 0 atom stereocenters. The maximum absolute atomic E-state index is 13.4. The molecule has 2 amide bonds. The predicted molar refractivity (Wildman–Crippen MR) is 86.1 cm³/mol. The molecule has 2 aromatic carbocycles. The van der Waals surface area contributed by atoms with Crippen LogP contribution in [0.15, 0.2) is 54.3 Å². The van der Waals surface area contributed by atoms with Gasteiger partial charge in [0.15, 0.2) is 5.76 Å². The smallest absolute Gasteiger partial charge is 0.301 e. The van der Waals surface area contributed by atoms with Gasteiger partial charge in [-0.05, 0) is 42.8 Å². The molecule has 1 N–H and O–H groups in total. The van der Waals surface area contributed by atoms with Gasteiger partial charge in [-0.15, -0.1) is 0 Å². The van der Waals surface area contributed by atoms with Crippen molar-refractivity contribution in [3.05, 3.63) is 65.7 Å². The first-order valence-electron chi connectivity index (χ1n) is 7.33. The van der Waals surface area contributed by atoms with E-state index in [2.05, 4.69) is 0 Å². The van der Waals surface area contributed by atoms with Crippen molar-refractivity contribution in [2.45, 2.75) is 6.92 Å². The molecule has 0 saturated heterocycles. The van der Waals surface area contributed by atoms with Crippen LogP contribution in [0.4, 0.5) is 10.1 Å². The molecule has 1 aliphatic heterocycles. The molecule has 24 heavy (non-hydrogen) atoms. The highest BCUT2D eigenvalue weighted by Crippen LogP contribution is 2.32. The van der Waals surface area contributed by atoms with Crippen LogP contribution in [-0.2, 0) is 9.59 Å². The van der Waals surface area contributed by atoms with E-state index in [0.717, 1.165) is 11.0 Å². The molecular weight excluding hydrogens is 313 g/mol. The zero-order valence-electron chi connectivity index (χ0n) is 12.8. The number of benzene rings is 2. The van der Waals surface area contributed by atoms with Crippen molar-refractivity contribution in [3.8, 4) is 5.75 Å². The van der Waals surface area contributed by atoms with Gasteiger partial charge in [0.2, 0.25) is 0 Å². The molecule has 0 bridgehead atoms. The number of carbonyl (C=O) groups excluding carboxylic acids is 2. The Hall–Kier alpha value is -3.15. The summed E-state index contributed by atoms with van der Waals surface area (Å²) in [6.45, 7) is 2.34. The van der Waals surface area contributed by atoms with E-state index in [1.54, 1.807) is 24.3 Å². The fourth-order valence-electron chi connectivity index (χ4n) is 2.51. The summed E-state index contributed by atoms with van der Waals surface area (Å²) >= 11 is 0. The Morgan fingerprint density at radius 2 is 1.79 bits per heavy atom. The third-order valence-corrected chi connectivity index (χ3v) is 3.58. The Labute approximate surface area is 137 Å². The second kappa shape index (κ2) is 6.16. The minimum Gasteiger partial charge on any atom is -0.502 e. The van der Waals surface area contributed by atoms with Crippen LogP contribution in [0.5, 0.6) is 5.75 Å². The lowest BCUT2D eigenvalue weighted by molar-refractivity contribution is -0.121. The summed E-state index contributed by atoms with van der Waals surface area (Å²) in [7, 11) is 0. The van der Waals surface area contributed by atoms with E-state index in [0.29, 0.717) is 17.9 Å². The molecule has 0 spiro atoms. The number of imide groups is 1. The van der Waals surface area contributed by atoms with Crippen LogP contribution in [0, 0.1) is 5.82 Å². The van der Waals surface area contributed by atoms with Crippen LogP contribution in [0.2, 0.25) is 0 Å². The number of nitrogens with zero attached hydrogens (tertiary/aromatic N) is 1. The summed E-state index contributed by atoms with van der Waals surface area (Å²) in [6.07, 6.45) is 0. The van der Waals surface area contributed by atoms with Crippen LogP contribution in [0.1, 0.15) is 12.5 Å². The fraction of sp³-hybridized carbons (Fsp3) is 0.111. The zero-order valence-corrected chi connectivity index (χ0v) is 12.8. The number of aliphatic hydroxyl groups is 1. The van der Waals surface area contributed by atoms with Gasteiger partial charge in [-0.2, -0.15) is 0 Å². The van der Waals surface area contributed by atoms with Gasteiger partial charge in [0.25, 0.3) is 5.91 Å². The highest BCUT2D eigenvalue weighted by Gasteiger charge is 2.40. The van der Waals surface area contributed by atoms with E-state index in [1.807, 2.05) is 6.92 Å². The van der Waals surface area contributed by atoms with E-state index in [-0.39, 0.29) is 11.3 Å². The van der Waals surface area contributed by atoms with Gasteiger partial charge in [0.05, 0.1) is 17.9 Å². The summed E-state index contributed by atoms with van der Waals surface area (Å²) < 4.78 is 18.7. The Balaban J connectivity index is 1.97. The van der Waals surface area contributed by atoms with Crippen molar-refractivity contribution in [1.29, 1.82) is 0 Å². The van der Waals surface area contributed by atoms with Crippen molar-refractivity contribution in [2.24, 2.45) is 0 Å². The Morgan fingerprint density at radius 3 is 2.42 bits per heavy atom. The molecule has 0 aliphatic carbocycles. The van der Waals surface area contributed by atoms with E-state index in [1.165, 1.54) is 18.2 Å². The van der Waals surface area contributed by atoms with Crippen LogP contribution in [-0.4, -0.2) is 23.5 Å². The first-order chi connectivity index (χ1) is 11.5. The standard InChI is InChI=1S/C18H14FNO4/c1-2-24-14-8-6-11(7-9-14)15-16(21)18(23)20(17(15)22)13-5-3-4-12(19)10-13/h3-10,21H,2H2,1H3. The van der Waals surface area contributed by atoms with Gasteiger partial charge in [-0.1, -0.05) is 18.2 Å². The molecule has 1 heterocycles. The number of carbonyl (C=O) groups is 2. The normalized spacial score (nSPS) is 14.5. The monoisotopic (exact) mass is 327 g/mol. The lowest BCUT2D eigenvalue weighted by atomic mass is 10.1. The van der Waals surface area contributed by atoms with Crippen molar-refractivity contribution in [2.75, 3.05) is 11.5 Å². The van der Waals surface area contributed by atoms with E-state index in [9.17, 15) is 19.1 Å². The van der Waals surface area contributed by atoms with Crippen molar-refractivity contribution >= 4 is 23.1 Å². The number of halogens is 1. The van der Waals surface area contributed by atoms with Crippen LogP contribution >= 0.6 is 0 Å². The average Bonchev–Trinajstić information content (AvgIpc) is 2.78. The number of rotatable bonds is 4. The third-order valence-electron chi connectivity index (χ3n) is 3.58. The second-order valence-corrected chi connectivity index (χ2v) is 5.11. The molecule has 3 rings (SSSR count). The number of ether oxygens (including phenoxy) is 1. The highest BCUT2D eigenvalue weighted by molar-refractivity contribution is 6.44. The molecule has 1 aliphatic rings. The molecule has 0 saturated carbocycles. The first kappa shape index (κ1) is 15.7. The number of hydrogen-bond acceptors (Lipinski definition) is 4. The van der Waals surface area contributed by atoms with Crippen molar-refractivity contribution < 1.29 is 23.8 Å². The second-order valence-electron chi connectivity index (χ2n) is 5.11. The summed E-state index contributed by atoms with van der Waals surface area (Å²) in [5.41, 5.74) is 0.331. The number of anilines is 1. The summed E-state index contributed by atoms with van der Waals surface area (Å²) in [5.74, 6) is -2.21. The number of amides is 2. The summed E-state index contributed by atoms with van der Waals surface area (Å²) in [6, 6.07) is 11.5. The maximum atomic E-state index is 13.4. The fourth-order valence-corrected chi connectivity index (χ4v) is 2.51. The van der Waals surface area contributed by atoms with Gasteiger partial charge in [0.1, 0.15) is 11.6 Å². The molecule has 122 valence electrons. The molecular formula is C18H14FNO4. The Morgan fingerprint density at radius 1 is 1.08 bits per heavy atom. The molecule has 0 aromatic heterocycles. The summed E-state index contributed by atoms with van der Waals surface area (Å²) in [4.78, 5) is 25.6. The minimum atomic E-state index is -0.880. The van der Waals surface area contributed by atoms with Gasteiger partial charge >= 0.3 is 5.91 Å². The van der Waals surface area contributed by atoms with Crippen LogP contribution in [0.3, 0.4) is 0 Å². The van der Waals surface area contributed by atoms with Gasteiger partial charge in [-0.25, -0.2) is 9.29 Å². The number of hydrogen-bond donors (Lipinski definition) is 1. The quantitative estimate of drug-likeness (QED) is 0.877. The molecule has 5 nitrogen and oxygen atoms in total. The van der Waals surface area contributed by atoms with Crippen LogP contribution in [0.25, 0.3) is 5.57 Å². The zero-order chi connectivity index (χ0) is 17.3. The molecule has 2 aromatic rings. The van der Waals surface area contributed by atoms with Gasteiger partial charge < -0.3 is 9.84 Å². The lowest BCUT2D eigenvalue weighted by Gasteiger charge is -2.14. The van der Waals surface area contributed by atoms with E-state index < -0.39 is 23.4 Å². The SMILES string of the molecule is CCOc1ccc(C2=C(O)C(=O)N(c3cccc(F)c3)C2=O)cc1. The predicted octanol–water partition coefficient (Wildman–Crippen LogP) is 3.07. The van der Waals surface area contributed by atoms with E-state index in [4.69, 9.17) is 4.74 Å². The molecule has 0 radical (unpaired) electrons. The first-order valence-corrected chi connectivity index (χ1v) is 7.33. The van der Waals surface area contributed by atoms with E-state index >= 15 is 0 Å². The highest BCUT2D eigenvalue weighted by atomic mass is 19.1. The Kier molecular flexibility index (Phi) is 4.04. The molecule has 6 heteroatoms. The third kappa shape index (κ3) is 2.62. The van der Waals surface area contributed by atoms with Gasteiger partial charge in [-0.3, -0.25) is 9.59 Å². The maximum Gasteiger partial charge on any atom is 0.301 e. The lowest BCUT2D eigenvalue weighted by Crippen LogP contribution is -2.31. The van der Waals surface area contributed by atoms with Gasteiger partial charge in [0, 0.05) is 0 Å². The summed E-state index contributed by atoms with van der Waals surface area (Å²) in [5, 5.41) is 10.1. The van der Waals surface area contributed by atoms with Crippen molar-refractivity contribution in [3.63, 3.8) is 0 Å². The van der Waals surface area contributed by atoms with Crippen molar-refractivity contribution in [1.82, 2.24) is 0 Å². The molecule has 0 unspecified atom stereocenters.